The van der Waals surface area contributed by atoms with Crippen molar-refractivity contribution in [3.63, 3.8) is 0 Å². The molecule has 282 valence electrons. The lowest BCUT2D eigenvalue weighted by atomic mass is 9.73. The molecule has 2 heterocycles. The number of aliphatic hydroxyl groups excluding tert-OH is 3. The number of ether oxygens (including phenoxy) is 6. The van der Waals surface area contributed by atoms with Gasteiger partial charge in [-0.3, -0.25) is 4.79 Å². The van der Waals surface area contributed by atoms with Gasteiger partial charge in [0, 0.05) is 38.0 Å². The normalized spacial score (nSPS) is 43.2. The number of methoxy groups -OCH3 is 2. The molecule has 0 unspecified atom stereocenters. The molecule has 2 aliphatic heterocycles. The van der Waals surface area contributed by atoms with Crippen molar-refractivity contribution >= 4 is 11.7 Å². The van der Waals surface area contributed by atoms with Gasteiger partial charge in [0.2, 0.25) is 6.79 Å². The van der Waals surface area contributed by atoms with E-state index in [-0.39, 0.29) is 38.4 Å². The fraction of sp³-hybridized carbons (Fsp3) is 0.941. The minimum absolute atomic E-state index is 0.176. The Morgan fingerprint density at radius 1 is 1.00 bits per heavy atom. The molecule has 14 nitrogen and oxygen atoms in total. The minimum Gasteiger partial charge on any atom is -0.459 e. The quantitative estimate of drug-likeness (QED) is 0.107. The predicted molar refractivity (Wildman–Crippen MR) is 178 cm³/mol. The van der Waals surface area contributed by atoms with E-state index >= 15 is 0 Å². The first-order valence-electron chi connectivity index (χ1n) is 17.1. The third-order valence-corrected chi connectivity index (χ3v) is 10.3. The second-order valence-corrected chi connectivity index (χ2v) is 14.3. The summed E-state index contributed by atoms with van der Waals surface area (Å²) in [7, 11) is 6.85. The molecule has 0 bridgehead atoms. The smallest absolute Gasteiger partial charge is 0.311 e. The van der Waals surface area contributed by atoms with Gasteiger partial charge in [0.15, 0.2) is 6.29 Å². The number of hydrogen-bond acceptors (Lipinski definition) is 14. The first kappa shape index (κ1) is 42.7. The zero-order valence-corrected chi connectivity index (χ0v) is 31.1. The van der Waals surface area contributed by atoms with Gasteiger partial charge >= 0.3 is 5.97 Å². The summed E-state index contributed by atoms with van der Waals surface area (Å²) >= 11 is 0. The van der Waals surface area contributed by atoms with Gasteiger partial charge in [-0.25, -0.2) is 0 Å². The third-order valence-electron chi connectivity index (χ3n) is 10.3. The van der Waals surface area contributed by atoms with E-state index in [2.05, 4.69) is 5.16 Å². The van der Waals surface area contributed by atoms with Crippen molar-refractivity contribution in [2.45, 2.75) is 135 Å². The van der Waals surface area contributed by atoms with Gasteiger partial charge in [-0.1, -0.05) is 32.9 Å². The van der Waals surface area contributed by atoms with Crippen LogP contribution in [-0.4, -0.2) is 145 Å². The van der Waals surface area contributed by atoms with Gasteiger partial charge in [0.25, 0.3) is 0 Å². The van der Waals surface area contributed by atoms with E-state index in [1.165, 1.54) is 14.0 Å². The molecule has 48 heavy (non-hydrogen) atoms. The molecular weight excluding hydrogens is 628 g/mol. The van der Waals surface area contributed by atoms with Gasteiger partial charge in [-0.05, 0) is 61.1 Å². The molecule has 2 rings (SSSR count). The Bertz CT molecular complexity index is 1010. The van der Waals surface area contributed by atoms with Gasteiger partial charge in [-0.2, -0.15) is 0 Å². The van der Waals surface area contributed by atoms with Crippen LogP contribution in [0.25, 0.3) is 0 Å². The summed E-state index contributed by atoms with van der Waals surface area (Å²) in [6, 6.07) is -0.248. The van der Waals surface area contributed by atoms with Crippen molar-refractivity contribution < 1.29 is 58.5 Å². The molecule has 0 saturated carbocycles. The zero-order valence-electron chi connectivity index (χ0n) is 31.1. The Morgan fingerprint density at radius 3 is 2.21 bits per heavy atom. The lowest BCUT2D eigenvalue weighted by Gasteiger charge is -2.48. The van der Waals surface area contributed by atoms with Gasteiger partial charge in [0.05, 0.1) is 54.9 Å². The summed E-state index contributed by atoms with van der Waals surface area (Å²) in [4.78, 5) is 21.0. The van der Waals surface area contributed by atoms with E-state index in [1.54, 1.807) is 34.8 Å². The second kappa shape index (κ2) is 18.7. The highest BCUT2D eigenvalue weighted by molar-refractivity contribution is 5.88. The molecule has 2 fully saturated rings. The molecule has 2 saturated heterocycles. The average Bonchev–Trinajstić information content (AvgIpc) is 3.04. The summed E-state index contributed by atoms with van der Waals surface area (Å²) in [5, 5.41) is 50.7. The lowest BCUT2D eigenvalue weighted by molar-refractivity contribution is -0.301. The van der Waals surface area contributed by atoms with Gasteiger partial charge < -0.3 is 58.6 Å². The lowest BCUT2D eigenvalue weighted by Crippen LogP contribution is -2.60. The zero-order chi connectivity index (χ0) is 36.6. The summed E-state index contributed by atoms with van der Waals surface area (Å²) in [6.45, 7) is 14.3. The summed E-state index contributed by atoms with van der Waals surface area (Å²) in [5.74, 6) is -3.76. The van der Waals surface area contributed by atoms with Crippen LogP contribution in [0.15, 0.2) is 5.16 Å². The second-order valence-electron chi connectivity index (χ2n) is 14.3. The topological polar surface area (TPSA) is 178 Å². The van der Waals surface area contributed by atoms with E-state index in [0.29, 0.717) is 18.7 Å². The monoisotopic (exact) mass is 692 g/mol. The highest BCUT2D eigenvalue weighted by Gasteiger charge is 2.51. The van der Waals surface area contributed by atoms with Gasteiger partial charge in [0.1, 0.15) is 17.8 Å². The van der Waals surface area contributed by atoms with Crippen LogP contribution >= 0.6 is 0 Å². The average molecular weight is 693 g/mol. The number of rotatable bonds is 11. The highest BCUT2D eigenvalue weighted by atomic mass is 16.7. The highest BCUT2D eigenvalue weighted by Crippen LogP contribution is 2.39. The molecule has 0 spiro atoms. The van der Waals surface area contributed by atoms with Crippen LogP contribution in [0.3, 0.4) is 0 Å². The van der Waals surface area contributed by atoms with Crippen molar-refractivity contribution in [1.29, 1.82) is 0 Å². The summed E-state index contributed by atoms with van der Waals surface area (Å²) < 4.78 is 35.2. The number of cyclic esters (lactones) is 1. The maximum absolute atomic E-state index is 13.5. The molecular formula is C34H64N2O12. The third kappa shape index (κ3) is 10.3. The van der Waals surface area contributed by atoms with Crippen molar-refractivity contribution in [1.82, 2.24) is 4.90 Å². The van der Waals surface area contributed by atoms with Crippen LogP contribution in [0, 0.1) is 23.7 Å². The number of esters is 1. The molecule has 14 heteroatoms. The van der Waals surface area contributed by atoms with E-state index in [0.717, 1.165) is 0 Å². The van der Waals surface area contributed by atoms with Crippen molar-refractivity contribution in [3.8, 4) is 0 Å². The Kier molecular flexibility index (Phi) is 16.6. The number of carbonyl (C=O) groups is 1. The van der Waals surface area contributed by atoms with Crippen LogP contribution < -0.4 is 0 Å². The SMILES string of the molecule is CC[C@H]1OC(=O)[C@H](C)[C@@H](O)[C@H](C)[C@@H](O[C@@H]2O[C@H](C)C[C@H](N(C)C)[C@H]2O)[C@](C)(OC)C[C@@H](C)/C(=N/OCOCCOC)[C@H](C)[C@@H](O)[C@]1(C)O. The molecule has 0 aliphatic carbocycles. The van der Waals surface area contributed by atoms with E-state index in [1.807, 2.05) is 39.8 Å². The Balaban J connectivity index is 2.67. The fourth-order valence-electron chi connectivity index (χ4n) is 7.11. The first-order valence-corrected chi connectivity index (χ1v) is 17.1. The van der Waals surface area contributed by atoms with Crippen LogP contribution in [0.1, 0.15) is 74.7 Å². The molecule has 14 atom stereocenters. The van der Waals surface area contributed by atoms with Crippen molar-refractivity contribution in [2.75, 3.05) is 48.3 Å². The van der Waals surface area contributed by atoms with Crippen LogP contribution in [0.2, 0.25) is 0 Å². The largest absolute Gasteiger partial charge is 0.459 e. The Hall–Kier alpha value is -1.46. The van der Waals surface area contributed by atoms with E-state index in [9.17, 15) is 25.2 Å². The molecule has 4 N–H and O–H groups in total. The first-order chi connectivity index (χ1) is 22.4. The fourth-order valence-corrected chi connectivity index (χ4v) is 7.11. The summed E-state index contributed by atoms with van der Waals surface area (Å²) in [6.07, 6.45) is -6.02. The van der Waals surface area contributed by atoms with E-state index in [4.69, 9.17) is 33.3 Å². The van der Waals surface area contributed by atoms with Crippen molar-refractivity contribution in [3.05, 3.63) is 0 Å². The molecule has 0 aromatic heterocycles. The predicted octanol–water partition coefficient (Wildman–Crippen LogP) is 1.94. The number of hydrogen-bond donors (Lipinski definition) is 4. The van der Waals surface area contributed by atoms with E-state index < -0.39 is 77.7 Å². The van der Waals surface area contributed by atoms with Crippen molar-refractivity contribution in [2.24, 2.45) is 28.8 Å². The summed E-state index contributed by atoms with van der Waals surface area (Å²) in [5.41, 5.74) is -2.65. The minimum atomic E-state index is -1.88. The maximum Gasteiger partial charge on any atom is 0.311 e. The number of nitrogens with zero attached hydrogens (tertiary/aromatic N) is 2. The molecule has 2 aliphatic rings. The molecule has 0 aromatic rings. The number of carbonyl (C=O) groups excluding carboxylic acids is 1. The number of aliphatic hydroxyl groups is 4. The van der Waals surface area contributed by atoms with Crippen LogP contribution in [-0.2, 0) is 38.1 Å². The Labute approximate surface area is 287 Å². The molecule has 0 aromatic carbocycles. The molecule has 0 radical (unpaired) electrons. The van der Waals surface area contributed by atoms with Crippen LogP contribution in [0.5, 0.6) is 0 Å². The standard InChI is InChI=1S/C34H64N2O12/c1-13-25-34(8,41)29(39)21(4)26(35-45-18-44-15-14-42-11)19(2)17-33(7,43-12)30(22(5)27(37)23(6)31(40)47-25)48-32-28(38)24(36(9)10)16-20(3)46-32/h19-25,27-30,32,37-39,41H,13-18H2,1-12H3/b35-26-/t19-,20-,21+,22+,23-,24+,25-,27+,28-,29-,30-,32+,33-,34-/m1/s1. The van der Waals surface area contributed by atoms with Gasteiger partial charge in [-0.15, -0.1) is 0 Å². The maximum atomic E-state index is 13.5. The van der Waals surface area contributed by atoms with Crippen LogP contribution in [0.4, 0.5) is 0 Å². The molecule has 0 amide bonds. The number of likely N-dealkylation sites (N-methyl/N-ethyl adjacent to an activating group) is 1. The Morgan fingerprint density at radius 2 is 1.65 bits per heavy atom. The number of oxime groups is 1.